The third-order valence-electron chi connectivity index (χ3n) is 5.95. The van der Waals surface area contributed by atoms with E-state index in [0.29, 0.717) is 59.8 Å². The number of carbonyl (C=O) groups excluding carboxylic acids is 2. The summed E-state index contributed by atoms with van der Waals surface area (Å²) in [6.07, 6.45) is 0. The summed E-state index contributed by atoms with van der Waals surface area (Å²) >= 11 is 6.27. The van der Waals surface area contributed by atoms with Crippen LogP contribution >= 0.6 is 11.6 Å². The zero-order valence-corrected chi connectivity index (χ0v) is 21.7. The van der Waals surface area contributed by atoms with E-state index < -0.39 is 0 Å². The Morgan fingerprint density at radius 2 is 1.66 bits per heavy atom. The number of aliphatic hydroxyl groups is 1. The van der Waals surface area contributed by atoms with Crippen molar-refractivity contribution in [3.63, 3.8) is 0 Å². The summed E-state index contributed by atoms with van der Waals surface area (Å²) in [7, 11) is 1.55. The number of piperazine rings is 1. The maximum absolute atomic E-state index is 12.8. The molecule has 11 heteroatoms. The van der Waals surface area contributed by atoms with E-state index in [4.69, 9.17) is 26.2 Å². The minimum Gasteiger partial charge on any atom is -0.495 e. The fraction of sp³-hybridized carbons (Fsp3) is 0.259. The van der Waals surface area contributed by atoms with Gasteiger partial charge < -0.3 is 40.3 Å². The number of nitrogens with zero attached hydrogens (tertiary/aromatic N) is 2. The van der Waals surface area contributed by atoms with Crippen molar-refractivity contribution in [1.29, 1.82) is 0 Å². The van der Waals surface area contributed by atoms with E-state index >= 15 is 0 Å². The Hall–Kier alpha value is -4.15. The Morgan fingerprint density at radius 3 is 2.34 bits per heavy atom. The molecule has 200 valence electrons. The number of urea groups is 2. The lowest BCUT2D eigenvalue weighted by molar-refractivity contribution is 0.201. The third-order valence-corrected chi connectivity index (χ3v) is 6.27. The summed E-state index contributed by atoms with van der Waals surface area (Å²) in [6.45, 7) is 2.49. The number of methoxy groups -OCH3 is 1. The first-order valence-electron chi connectivity index (χ1n) is 12.1. The van der Waals surface area contributed by atoms with Crippen molar-refractivity contribution in [2.75, 3.05) is 67.4 Å². The molecular formula is C27H30ClN5O5. The average molecular weight is 540 g/mol. The lowest BCUT2D eigenvalue weighted by Crippen LogP contribution is -2.50. The molecule has 0 radical (unpaired) electrons. The number of nitrogens with one attached hydrogen (secondary N) is 3. The second-order valence-electron chi connectivity index (χ2n) is 8.44. The van der Waals surface area contributed by atoms with Crippen LogP contribution < -0.4 is 30.3 Å². The lowest BCUT2D eigenvalue weighted by Gasteiger charge is -2.36. The smallest absolute Gasteiger partial charge is 0.323 e. The highest BCUT2D eigenvalue weighted by atomic mass is 35.5. The average Bonchev–Trinajstić information content (AvgIpc) is 2.94. The fourth-order valence-electron chi connectivity index (χ4n) is 4.00. The van der Waals surface area contributed by atoms with Crippen LogP contribution in [0.25, 0.3) is 0 Å². The number of para-hydroxylation sites is 2. The standard InChI is InChI=1S/C27H30ClN5O5/c1-37-25-5-3-2-4-24(25)30-26(35)29-19-6-8-20(9-7-19)32-12-14-33(15-13-32)27(36)31-23-11-10-21(18-22(23)28)38-17-16-34/h2-11,18,34H,12-17H2,1H3,(H,31,36)(H2,29,30,35). The van der Waals surface area contributed by atoms with Crippen LogP contribution in [0, 0.1) is 0 Å². The monoisotopic (exact) mass is 539 g/mol. The van der Waals surface area contributed by atoms with Crippen LogP contribution in [0.2, 0.25) is 5.02 Å². The number of carbonyl (C=O) groups is 2. The van der Waals surface area contributed by atoms with Crippen LogP contribution in [0.4, 0.5) is 32.3 Å². The fourth-order valence-corrected chi connectivity index (χ4v) is 4.22. The number of halogens is 1. The van der Waals surface area contributed by atoms with Gasteiger partial charge in [0.1, 0.15) is 18.1 Å². The van der Waals surface area contributed by atoms with Crippen molar-refractivity contribution in [3.05, 3.63) is 71.8 Å². The Bertz CT molecular complexity index is 1250. The summed E-state index contributed by atoms with van der Waals surface area (Å²) in [5, 5.41) is 17.7. The maximum atomic E-state index is 12.8. The number of rotatable bonds is 8. The van der Waals surface area contributed by atoms with Crippen LogP contribution in [0.3, 0.4) is 0 Å². The topological polar surface area (TPSA) is 115 Å². The van der Waals surface area contributed by atoms with Gasteiger partial charge >= 0.3 is 12.1 Å². The van der Waals surface area contributed by atoms with Crippen molar-refractivity contribution in [2.24, 2.45) is 0 Å². The number of ether oxygens (including phenoxy) is 2. The highest BCUT2D eigenvalue weighted by Crippen LogP contribution is 2.28. The van der Waals surface area contributed by atoms with Gasteiger partial charge in [0.25, 0.3) is 0 Å². The predicted molar refractivity (Wildman–Crippen MR) is 149 cm³/mol. The van der Waals surface area contributed by atoms with Crippen molar-refractivity contribution < 1.29 is 24.2 Å². The van der Waals surface area contributed by atoms with E-state index in [-0.39, 0.29) is 25.3 Å². The molecule has 1 aliphatic heterocycles. The molecule has 0 aliphatic carbocycles. The van der Waals surface area contributed by atoms with Crippen LogP contribution in [0.1, 0.15) is 0 Å². The van der Waals surface area contributed by atoms with Gasteiger partial charge in [-0.2, -0.15) is 0 Å². The molecule has 4 rings (SSSR count). The lowest BCUT2D eigenvalue weighted by atomic mass is 10.2. The largest absolute Gasteiger partial charge is 0.495 e. The molecule has 10 nitrogen and oxygen atoms in total. The SMILES string of the molecule is COc1ccccc1NC(=O)Nc1ccc(N2CCN(C(=O)Nc3ccc(OCCO)cc3Cl)CC2)cc1. The minimum atomic E-state index is -0.366. The second-order valence-corrected chi connectivity index (χ2v) is 8.85. The number of benzene rings is 3. The van der Waals surface area contributed by atoms with E-state index in [0.717, 1.165) is 5.69 Å². The predicted octanol–water partition coefficient (Wildman–Crippen LogP) is 4.72. The third kappa shape index (κ3) is 6.99. The van der Waals surface area contributed by atoms with Crippen LogP contribution in [0.5, 0.6) is 11.5 Å². The van der Waals surface area contributed by atoms with Gasteiger partial charge in [-0.05, 0) is 48.5 Å². The number of hydrogen-bond donors (Lipinski definition) is 4. The van der Waals surface area contributed by atoms with Gasteiger partial charge in [0.2, 0.25) is 0 Å². The first kappa shape index (κ1) is 26.9. The summed E-state index contributed by atoms with van der Waals surface area (Å²) in [5.41, 5.74) is 2.73. The van der Waals surface area contributed by atoms with Gasteiger partial charge in [-0.25, -0.2) is 9.59 Å². The van der Waals surface area contributed by atoms with Crippen LogP contribution in [0.15, 0.2) is 66.7 Å². The van der Waals surface area contributed by atoms with Crippen LogP contribution in [-0.2, 0) is 0 Å². The molecule has 0 aromatic heterocycles. The van der Waals surface area contributed by atoms with Gasteiger partial charge in [-0.3, -0.25) is 0 Å². The quantitative estimate of drug-likeness (QED) is 0.329. The maximum Gasteiger partial charge on any atom is 0.323 e. The zero-order chi connectivity index (χ0) is 26.9. The molecule has 3 aromatic rings. The van der Waals surface area contributed by atoms with Gasteiger partial charge in [0, 0.05) is 43.6 Å². The van der Waals surface area contributed by atoms with Crippen molar-refractivity contribution >= 4 is 46.4 Å². The Labute approximate surface area is 226 Å². The van der Waals surface area contributed by atoms with Crippen molar-refractivity contribution in [2.45, 2.75) is 0 Å². The summed E-state index contributed by atoms with van der Waals surface area (Å²) in [4.78, 5) is 29.1. The normalized spacial score (nSPS) is 13.0. The van der Waals surface area contributed by atoms with Gasteiger partial charge in [-0.15, -0.1) is 0 Å². The molecule has 1 fully saturated rings. The molecule has 4 N–H and O–H groups in total. The molecule has 1 heterocycles. The highest BCUT2D eigenvalue weighted by Gasteiger charge is 2.22. The molecule has 38 heavy (non-hydrogen) atoms. The highest BCUT2D eigenvalue weighted by molar-refractivity contribution is 6.33. The number of amides is 4. The molecule has 0 unspecified atom stereocenters. The van der Waals surface area contributed by atoms with E-state index in [2.05, 4.69) is 20.9 Å². The first-order chi connectivity index (χ1) is 18.5. The van der Waals surface area contributed by atoms with E-state index in [1.165, 1.54) is 0 Å². The van der Waals surface area contributed by atoms with Crippen molar-refractivity contribution in [3.8, 4) is 11.5 Å². The molecule has 0 spiro atoms. The molecule has 1 saturated heterocycles. The first-order valence-corrected chi connectivity index (χ1v) is 12.5. The van der Waals surface area contributed by atoms with Crippen molar-refractivity contribution in [1.82, 2.24) is 4.90 Å². The molecule has 0 atom stereocenters. The Kier molecular flexibility index (Phi) is 9.12. The van der Waals surface area contributed by atoms with Crippen LogP contribution in [-0.4, -0.2) is 68.6 Å². The Balaban J connectivity index is 1.26. The van der Waals surface area contributed by atoms with E-state index in [1.54, 1.807) is 42.3 Å². The molecule has 0 bridgehead atoms. The zero-order valence-electron chi connectivity index (χ0n) is 20.9. The number of anilines is 4. The molecule has 1 aliphatic rings. The van der Waals surface area contributed by atoms with Gasteiger partial charge in [0.15, 0.2) is 0 Å². The van der Waals surface area contributed by atoms with E-state index in [9.17, 15) is 9.59 Å². The minimum absolute atomic E-state index is 0.0922. The molecular weight excluding hydrogens is 510 g/mol. The summed E-state index contributed by atoms with van der Waals surface area (Å²) in [6, 6.07) is 19.1. The number of aliphatic hydroxyl groups excluding tert-OH is 1. The second kappa shape index (κ2) is 12.9. The Morgan fingerprint density at radius 1 is 0.921 bits per heavy atom. The summed E-state index contributed by atoms with van der Waals surface area (Å²) < 4.78 is 10.6. The van der Waals surface area contributed by atoms with E-state index in [1.807, 2.05) is 36.4 Å². The molecule has 0 saturated carbocycles. The molecule has 4 amide bonds. The van der Waals surface area contributed by atoms with Gasteiger partial charge in [0.05, 0.1) is 30.1 Å². The summed E-state index contributed by atoms with van der Waals surface area (Å²) in [5.74, 6) is 1.10. The van der Waals surface area contributed by atoms with Gasteiger partial charge in [-0.1, -0.05) is 23.7 Å². The molecule has 3 aromatic carbocycles. The number of hydrogen-bond acceptors (Lipinski definition) is 6.